The summed E-state index contributed by atoms with van der Waals surface area (Å²) in [5.41, 5.74) is 0.948. The van der Waals surface area contributed by atoms with Crippen molar-refractivity contribution in [3.8, 4) is 5.75 Å². The van der Waals surface area contributed by atoms with Gasteiger partial charge in [0.25, 0.3) is 5.91 Å². The first-order valence-electron chi connectivity index (χ1n) is 8.73. The van der Waals surface area contributed by atoms with Crippen LogP contribution < -0.4 is 15.4 Å². The Bertz CT molecular complexity index is 770. The second kappa shape index (κ2) is 8.43. The first kappa shape index (κ1) is 19.2. The summed E-state index contributed by atoms with van der Waals surface area (Å²) in [5, 5.41) is 10.4. The molecule has 2 aromatic rings. The number of piperidine rings is 1. The average molecular weight is 382 g/mol. The van der Waals surface area contributed by atoms with Crippen LogP contribution in [0.4, 0.5) is 13.2 Å². The normalized spacial score (nSPS) is 17.5. The lowest BCUT2D eigenvalue weighted by atomic mass is 10.1. The highest BCUT2D eigenvalue weighted by Crippen LogP contribution is 2.19. The number of benzene rings is 1. The zero-order valence-corrected chi connectivity index (χ0v) is 14.6. The van der Waals surface area contributed by atoms with Crippen molar-refractivity contribution in [2.24, 2.45) is 0 Å². The monoisotopic (exact) mass is 382 g/mol. The van der Waals surface area contributed by atoms with Gasteiger partial charge in [-0.2, -0.15) is 18.3 Å². The van der Waals surface area contributed by atoms with Crippen LogP contribution in [0.5, 0.6) is 5.75 Å². The summed E-state index contributed by atoms with van der Waals surface area (Å²) in [4.78, 5) is 12.3. The van der Waals surface area contributed by atoms with Crippen molar-refractivity contribution in [2.75, 3.05) is 19.7 Å². The number of halogens is 3. The zero-order valence-electron chi connectivity index (χ0n) is 14.6. The number of nitrogens with zero attached hydrogens (tertiary/aromatic N) is 2. The number of rotatable bonds is 6. The van der Waals surface area contributed by atoms with Gasteiger partial charge in [-0.15, -0.1) is 0 Å². The van der Waals surface area contributed by atoms with Crippen LogP contribution in [0.3, 0.4) is 0 Å². The van der Waals surface area contributed by atoms with Gasteiger partial charge in [-0.1, -0.05) is 12.1 Å². The Hall–Kier alpha value is -2.55. The summed E-state index contributed by atoms with van der Waals surface area (Å²) >= 11 is 0. The van der Waals surface area contributed by atoms with Gasteiger partial charge in [0, 0.05) is 19.3 Å². The lowest BCUT2D eigenvalue weighted by molar-refractivity contribution is -0.153. The molecule has 1 aliphatic rings. The van der Waals surface area contributed by atoms with Gasteiger partial charge < -0.3 is 15.4 Å². The Morgan fingerprint density at radius 1 is 1.37 bits per heavy atom. The second-order valence-corrected chi connectivity index (χ2v) is 6.42. The third-order valence-corrected chi connectivity index (χ3v) is 4.24. The van der Waals surface area contributed by atoms with E-state index in [-0.39, 0.29) is 24.2 Å². The first-order chi connectivity index (χ1) is 12.9. The van der Waals surface area contributed by atoms with Gasteiger partial charge in [-0.3, -0.25) is 9.48 Å². The first-order valence-corrected chi connectivity index (χ1v) is 8.73. The molecular weight excluding hydrogens is 361 g/mol. The Kier molecular flexibility index (Phi) is 6.00. The molecule has 1 aromatic heterocycles. The van der Waals surface area contributed by atoms with Crippen molar-refractivity contribution in [2.45, 2.75) is 31.6 Å². The topological polar surface area (TPSA) is 68.2 Å². The Labute approximate surface area is 154 Å². The lowest BCUT2D eigenvalue weighted by Crippen LogP contribution is -2.32. The Morgan fingerprint density at radius 2 is 2.22 bits per heavy atom. The maximum Gasteiger partial charge on any atom is 0.422 e. The molecule has 9 heteroatoms. The molecule has 3 rings (SSSR count). The minimum Gasteiger partial charge on any atom is -0.484 e. The van der Waals surface area contributed by atoms with Crippen molar-refractivity contribution in [1.29, 1.82) is 0 Å². The summed E-state index contributed by atoms with van der Waals surface area (Å²) in [7, 11) is 0. The third-order valence-electron chi connectivity index (χ3n) is 4.24. The fourth-order valence-electron chi connectivity index (χ4n) is 2.91. The molecule has 146 valence electrons. The van der Waals surface area contributed by atoms with E-state index >= 15 is 0 Å². The Balaban J connectivity index is 1.54. The quantitative estimate of drug-likeness (QED) is 0.806. The minimum absolute atomic E-state index is 0.105. The predicted molar refractivity (Wildman–Crippen MR) is 92.5 cm³/mol. The lowest BCUT2D eigenvalue weighted by Gasteiger charge is -2.22. The number of nitrogens with one attached hydrogen (secondary N) is 2. The molecule has 0 saturated carbocycles. The van der Waals surface area contributed by atoms with Crippen molar-refractivity contribution in [3.63, 3.8) is 0 Å². The van der Waals surface area contributed by atoms with Crippen LogP contribution in [-0.2, 0) is 6.54 Å². The molecule has 0 bridgehead atoms. The molecule has 2 heterocycles. The molecule has 0 aliphatic carbocycles. The predicted octanol–water partition coefficient (Wildman–Crippen LogP) is 2.68. The highest BCUT2D eigenvalue weighted by molar-refractivity contribution is 5.92. The summed E-state index contributed by atoms with van der Waals surface area (Å²) in [6.07, 6.45) is -0.520. The second-order valence-electron chi connectivity index (χ2n) is 6.42. The maximum absolute atomic E-state index is 12.3. The van der Waals surface area contributed by atoms with Crippen molar-refractivity contribution in [3.05, 3.63) is 47.8 Å². The molecule has 1 unspecified atom stereocenters. The standard InChI is InChI=1S/C18H21F3N4O2/c19-18(20,21)12-27-15-5-1-3-13(9-15)10-23-17(26)16-6-8-25(24-16)14-4-2-7-22-11-14/h1,3,5-6,8-9,14,22H,2,4,7,10-12H2,(H,23,26). The Morgan fingerprint density at radius 3 is 2.96 bits per heavy atom. The van der Waals surface area contributed by atoms with Gasteiger partial charge in [0.15, 0.2) is 6.61 Å². The van der Waals surface area contributed by atoms with Gasteiger partial charge in [0.2, 0.25) is 0 Å². The molecule has 1 saturated heterocycles. The SMILES string of the molecule is O=C(NCc1cccc(OCC(F)(F)F)c1)c1ccn(C2CCCNC2)n1. The smallest absolute Gasteiger partial charge is 0.422 e. The third kappa shape index (κ3) is 5.72. The molecule has 0 radical (unpaired) electrons. The van der Waals surface area contributed by atoms with E-state index in [0.29, 0.717) is 11.3 Å². The summed E-state index contributed by atoms with van der Waals surface area (Å²) in [6.45, 7) is 0.639. The number of carbonyl (C=O) groups is 1. The molecular formula is C18H21F3N4O2. The number of aromatic nitrogens is 2. The minimum atomic E-state index is -4.39. The summed E-state index contributed by atoms with van der Waals surface area (Å²) < 4.78 is 43.2. The van der Waals surface area contributed by atoms with Crippen molar-refractivity contribution < 1.29 is 22.7 Å². The van der Waals surface area contributed by atoms with Crippen LogP contribution in [0.15, 0.2) is 36.5 Å². The van der Waals surface area contributed by atoms with E-state index in [2.05, 4.69) is 15.7 Å². The molecule has 1 aromatic carbocycles. The number of carbonyl (C=O) groups excluding carboxylic acids is 1. The van der Waals surface area contributed by atoms with Crippen LogP contribution in [0, 0.1) is 0 Å². The molecule has 27 heavy (non-hydrogen) atoms. The number of ether oxygens (including phenoxy) is 1. The average Bonchev–Trinajstić information content (AvgIpc) is 3.15. The molecule has 1 aliphatic heterocycles. The van der Waals surface area contributed by atoms with E-state index in [4.69, 9.17) is 4.74 Å². The summed E-state index contributed by atoms with van der Waals surface area (Å²) in [5.74, 6) is -0.229. The van der Waals surface area contributed by atoms with E-state index in [0.717, 1.165) is 25.9 Å². The number of hydrogen-bond acceptors (Lipinski definition) is 4. The van der Waals surface area contributed by atoms with Crippen LogP contribution in [-0.4, -0.2) is 41.6 Å². The van der Waals surface area contributed by atoms with Crippen LogP contribution in [0.2, 0.25) is 0 Å². The molecule has 0 spiro atoms. The summed E-state index contributed by atoms with van der Waals surface area (Å²) in [6, 6.07) is 8.09. The molecule has 6 nitrogen and oxygen atoms in total. The van der Waals surface area contributed by atoms with Gasteiger partial charge >= 0.3 is 6.18 Å². The zero-order chi connectivity index (χ0) is 19.3. The maximum atomic E-state index is 12.3. The van der Waals surface area contributed by atoms with Gasteiger partial charge in [0.05, 0.1) is 6.04 Å². The van der Waals surface area contributed by atoms with E-state index in [9.17, 15) is 18.0 Å². The van der Waals surface area contributed by atoms with Gasteiger partial charge in [0.1, 0.15) is 11.4 Å². The number of alkyl halides is 3. The van der Waals surface area contributed by atoms with Crippen LogP contribution >= 0.6 is 0 Å². The van der Waals surface area contributed by atoms with Crippen LogP contribution in [0.1, 0.15) is 34.9 Å². The fraction of sp³-hybridized carbons (Fsp3) is 0.444. The number of hydrogen-bond donors (Lipinski definition) is 2. The van der Waals surface area contributed by atoms with E-state index in [1.54, 1.807) is 29.1 Å². The van der Waals surface area contributed by atoms with E-state index in [1.165, 1.54) is 12.1 Å². The number of amides is 1. The molecule has 1 atom stereocenters. The molecule has 1 amide bonds. The van der Waals surface area contributed by atoms with Crippen molar-refractivity contribution in [1.82, 2.24) is 20.4 Å². The van der Waals surface area contributed by atoms with Gasteiger partial charge in [-0.25, -0.2) is 0 Å². The largest absolute Gasteiger partial charge is 0.484 e. The fourth-order valence-corrected chi connectivity index (χ4v) is 2.91. The molecule has 2 N–H and O–H groups in total. The van der Waals surface area contributed by atoms with Crippen LogP contribution in [0.25, 0.3) is 0 Å². The van der Waals surface area contributed by atoms with Gasteiger partial charge in [-0.05, 0) is 43.1 Å². The van der Waals surface area contributed by atoms with E-state index in [1.807, 2.05) is 0 Å². The molecule has 1 fully saturated rings. The van der Waals surface area contributed by atoms with E-state index < -0.39 is 12.8 Å². The highest BCUT2D eigenvalue weighted by atomic mass is 19.4. The highest BCUT2D eigenvalue weighted by Gasteiger charge is 2.28. The van der Waals surface area contributed by atoms with Crippen molar-refractivity contribution >= 4 is 5.91 Å².